The highest BCUT2D eigenvalue weighted by Gasteiger charge is 2.31. The topological polar surface area (TPSA) is 62.0 Å². The van der Waals surface area contributed by atoms with Gasteiger partial charge < -0.3 is 10.3 Å². The summed E-state index contributed by atoms with van der Waals surface area (Å²) in [6, 6.07) is 1.59. The van der Waals surface area contributed by atoms with Gasteiger partial charge in [-0.2, -0.15) is 13.2 Å². The zero-order valence-corrected chi connectivity index (χ0v) is 11.1. The molecule has 21 heavy (non-hydrogen) atoms. The van der Waals surface area contributed by atoms with E-state index >= 15 is 0 Å². The van der Waals surface area contributed by atoms with Gasteiger partial charge in [-0.3, -0.25) is 9.59 Å². The monoisotopic (exact) mass is 320 g/mol. The second-order valence-corrected chi connectivity index (χ2v) is 4.89. The van der Waals surface area contributed by atoms with Gasteiger partial charge in [0.05, 0.1) is 17.7 Å². The molecule has 2 rings (SSSR count). The van der Waals surface area contributed by atoms with Gasteiger partial charge in [0.1, 0.15) is 5.82 Å². The van der Waals surface area contributed by atoms with Crippen molar-refractivity contribution in [2.45, 2.75) is 12.7 Å². The van der Waals surface area contributed by atoms with E-state index in [1.165, 1.54) is 5.38 Å². The fraction of sp³-hybridized carbons (Fsp3) is 0.167. The Bertz CT molecular complexity index is 721. The van der Waals surface area contributed by atoms with Gasteiger partial charge in [-0.1, -0.05) is 11.3 Å². The fourth-order valence-electron chi connectivity index (χ4n) is 1.55. The van der Waals surface area contributed by atoms with E-state index in [9.17, 15) is 27.2 Å². The summed E-state index contributed by atoms with van der Waals surface area (Å²) in [6.45, 7) is -0.118. The smallest absolute Gasteiger partial charge is 0.346 e. The van der Waals surface area contributed by atoms with Crippen LogP contribution in [0.15, 0.2) is 28.4 Å². The number of hydrogen-bond acceptors (Lipinski definition) is 3. The zero-order valence-electron chi connectivity index (χ0n) is 10.3. The highest BCUT2D eigenvalue weighted by Crippen LogP contribution is 2.30. The highest BCUT2D eigenvalue weighted by atomic mass is 32.1. The van der Waals surface area contributed by atoms with Crippen LogP contribution in [-0.4, -0.2) is 10.9 Å². The molecule has 0 saturated carbocycles. The van der Waals surface area contributed by atoms with Crippen LogP contribution in [0.5, 0.6) is 0 Å². The Kier molecular flexibility index (Phi) is 4.12. The molecule has 0 aliphatic heterocycles. The lowest BCUT2D eigenvalue weighted by Gasteiger charge is -2.10. The van der Waals surface area contributed by atoms with E-state index in [0.29, 0.717) is 23.9 Å². The summed E-state index contributed by atoms with van der Waals surface area (Å²) in [4.78, 5) is 24.7. The van der Waals surface area contributed by atoms with Crippen molar-refractivity contribution in [3.05, 3.63) is 55.9 Å². The van der Waals surface area contributed by atoms with Gasteiger partial charge in [0.2, 0.25) is 0 Å². The molecule has 4 nitrogen and oxygen atoms in total. The number of carbonyl (C=O) groups excluding carboxylic acids is 1. The molecule has 0 radical (unpaired) electrons. The van der Waals surface area contributed by atoms with Crippen LogP contribution in [0, 0.1) is 5.82 Å². The Morgan fingerprint density at radius 1 is 1.33 bits per heavy atom. The summed E-state index contributed by atoms with van der Waals surface area (Å²) in [6.07, 6.45) is -4.67. The first-order chi connectivity index (χ1) is 9.77. The maximum Gasteiger partial charge on any atom is 0.416 e. The first-order valence-corrected chi connectivity index (χ1v) is 6.47. The molecule has 0 unspecified atom stereocenters. The Morgan fingerprint density at radius 3 is 2.62 bits per heavy atom. The van der Waals surface area contributed by atoms with E-state index in [2.05, 4.69) is 10.3 Å². The minimum Gasteiger partial charge on any atom is -0.346 e. The molecule has 0 fully saturated rings. The average Bonchev–Trinajstić information content (AvgIpc) is 2.81. The maximum atomic E-state index is 13.5. The van der Waals surface area contributed by atoms with Gasteiger partial charge in [-0.25, -0.2) is 4.39 Å². The van der Waals surface area contributed by atoms with E-state index in [1.807, 2.05) is 0 Å². The minimum atomic E-state index is -4.67. The van der Waals surface area contributed by atoms with Crippen molar-refractivity contribution in [2.24, 2.45) is 0 Å². The molecule has 1 amide bonds. The van der Waals surface area contributed by atoms with E-state index in [1.54, 1.807) is 0 Å². The lowest BCUT2D eigenvalue weighted by Crippen LogP contribution is -2.25. The second-order valence-electron chi connectivity index (χ2n) is 4.05. The predicted molar refractivity (Wildman–Crippen MR) is 67.5 cm³/mol. The predicted octanol–water partition coefficient (Wildman–Crippen LogP) is 2.52. The molecule has 1 aromatic heterocycles. The number of rotatable bonds is 3. The lowest BCUT2D eigenvalue weighted by molar-refractivity contribution is -0.137. The van der Waals surface area contributed by atoms with Gasteiger partial charge in [0.25, 0.3) is 5.91 Å². The van der Waals surface area contributed by atoms with Crippen molar-refractivity contribution >= 4 is 17.2 Å². The number of benzene rings is 1. The van der Waals surface area contributed by atoms with Crippen LogP contribution >= 0.6 is 11.3 Å². The Labute approximate surface area is 119 Å². The molecule has 0 bridgehead atoms. The van der Waals surface area contributed by atoms with E-state index in [0.717, 1.165) is 11.3 Å². The summed E-state index contributed by atoms with van der Waals surface area (Å²) >= 11 is 0.876. The van der Waals surface area contributed by atoms with Crippen LogP contribution in [-0.2, 0) is 12.7 Å². The van der Waals surface area contributed by atoms with Gasteiger partial charge >= 0.3 is 11.0 Å². The number of alkyl halides is 3. The molecule has 9 heteroatoms. The lowest BCUT2D eigenvalue weighted by atomic mass is 10.1. The highest BCUT2D eigenvalue weighted by molar-refractivity contribution is 7.07. The van der Waals surface area contributed by atoms with E-state index in [4.69, 9.17) is 0 Å². The maximum absolute atomic E-state index is 13.5. The fourth-order valence-corrected chi connectivity index (χ4v) is 2.13. The average molecular weight is 320 g/mol. The first kappa shape index (κ1) is 15.2. The van der Waals surface area contributed by atoms with Crippen LogP contribution < -0.4 is 10.2 Å². The number of aromatic nitrogens is 1. The summed E-state index contributed by atoms with van der Waals surface area (Å²) in [5, 5.41) is 3.69. The third-order valence-corrected chi connectivity index (χ3v) is 3.27. The van der Waals surface area contributed by atoms with Crippen molar-refractivity contribution in [3.63, 3.8) is 0 Å². The molecular weight excluding hydrogens is 312 g/mol. The minimum absolute atomic E-state index is 0.118. The molecule has 0 spiro atoms. The molecule has 0 atom stereocenters. The number of aromatic amines is 1. The van der Waals surface area contributed by atoms with Crippen molar-refractivity contribution in [1.82, 2.24) is 10.3 Å². The zero-order chi connectivity index (χ0) is 15.6. The van der Waals surface area contributed by atoms with Crippen molar-refractivity contribution < 1.29 is 22.4 Å². The summed E-state index contributed by atoms with van der Waals surface area (Å²) in [5.41, 5.74) is -1.44. The van der Waals surface area contributed by atoms with E-state index < -0.39 is 29.0 Å². The standard InChI is InChI=1S/C12H8F4N2O2S/c13-9-2-1-6(12(14,15)16)3-8(9)10(19)17-4-7-5-21-11(20)18-7/h1-3,5H,4H2,(H,17,19)(H,18,20). The molecular formula is C12H8F4N2O2S. The van der Waals surface area contributed by atoms with Crippen LogP contribution in [0.2, 0.25) is 0 Å². The molecule has 1 aromatic carbocycles. The molecule has 0 aliphatic carbocycles. The third-order valence-electron chi connectivity index (χ3n) is 2.55. The molecule has 1 heterocycles. The largest absolute Gasteiger partial charge is 0.416 e. The Hall–Kier alpha value is -2.16. The summed E-state index contributed by atoms with van der Waals surface area (Å²) < 4.78 is 51.0. The molecule has 0 aliphatic rings. The number of H-pyrrole nitrogens is 1. The van der Waals surface area contributed by atoms with Crippen molar-refractivity contribution in [2.75, 3.05) is 0 Å². The van der Waals surface area contributed by atoms with Crippen LogP contribution in [0.1, 0.15) is 21.6 Å². The second kappa shape index (κ2) is 5.68. The molecule has 112 valence electrons. The number of halogens is 4. The Morgan fingerprint density at radius 2 is 2.05 bits per heavy atom. The Balaban J connectivity index is 2.16. The number of hydrogen-bond donors (Lipinski definition) is 2. The normalized spacial score (nSPS) is 11.4. The van der Waals surface area contributed by atoms with E-state index in [-0.39, 0.29) is 11.4 Å². The number of carbonyl (C=O) groups is 1. The summed E-state index contributed by atoms with van der Waals surface area (Å²) in [5.74, 6) is -2.05. The van der Waals surface area contributed by atoms with Gasteiger partial charge in [0.15, 0.2) is 0 Å². The van der Waals surface area contributed by atoms with Gasteiger partial charge in [-0.15, -0.1) is 0 Å². The van der Waals surface area contributed by atoms with Gasteiger partial charge in [-0.05, 0) is 18.2 Å². The molecule has 0 saturated heterocycles. The van der Waals surface area contributed by atoms with Crippen LogP contribution in [0.3, 0.4) is 0 Å². The van der Waals surface area contributed by atoms with Crippen LogP contribution in [0.25, 0.3) is 0 Å². The van der Waals surface area contributed by atoms with Crippen LogP contribution in [0.4, 0.5) is 17.6 Å². The quantitative estimate of drug-likeness (QED) is 0.854. The van der Waals surface area contributed by atoms with Crippen molar-refractivity contribution in [3.8, 4) is 0 Å². The third kappa shape index (κ3) is 3.69. The number of nitrogens with one attached hydrogen (secondary N) is 2. The summed E-state index contributed by atoms with van der Waals surface area (Å²) in [7, 11) is 0. The molecule has 2 N–H and O–H groups in total. The van der Waals surface area contributed by atoms with Crippen molar-refractivity contribution in [1.29, 1.82) is 0 Å². The van der Waals surface area contributed by atoms with Gasteiger partial charge in [0, 0.05) is 11.1 Å². The molecule has 2 aromatic rings. The SMILES string of the molecule is O=C(NCc1csc(=O)[nH]1)c1cc(C(F)(F)F)ccc1F. The number of thiazole rings is 1. The number of amides is 1. The first-order valence-electron chi connectivity index (χ1n) is 5.59.